The number of nitrogens with one attached hydrogen (secondary N) is 1. The number of hydrogen-bond donors (Lipinski definition) is 1. The van der Waals surface area contributed by atoms with Crippen LogP contribution in [-0.4, -0.2) is 30.6 Å². The molecular formula is C18H20N2O3. The van der Waals surface area contributed by atoms with E-state index in [-0.39, 0.29) is 12.6 Å². The minimum absolute atomic E-state index is 0.0913. The molecular weight excluding hydrogens is 292 g/mol. The van der Waals surface area contributed by atoms with E-state index in [1.165, 1.54) is 12.0 Å². The van der Waals surface area contributed by atoms with Crippen LogP contribution in [0.25, 0.3) is 0 Å². The van der Waals surface area contributed by atoms with Crippen molar-refractivity contribution in [3.8, 4) is 0 Å². The first-order chi connectivity index (χ1) is 11.2. The molecule has 1 N–H and O–H groups in total. The van der Waals surface area contributed by atoms with E-state index >= 15 is 0 Å². The van der Waals surface area contributed by atoms with Crippen molar-refractivity contribution in [3.63, 3.8) is 0 Å². The molecule has 0 aliphatic rings. The molecule has 0 radical (unpaired) electrons. The molecule has 0 saturated heterocycles. The van der Waals surface area contributed by atoms with Crippen molar-refractivity contribution in [3.05, 3.63) is 71.8 Å². The molecule has 5 nitrogen and oxygen atoms in total. The van der Waals surface area contributed by atoms with E-state index in [1.54, 1.807) is 0 Å². The van der Waals surface area contributed by atoms with Gasteiger partial charge >= 0.3 is 12.0 Å². The first kappa shape index (κ1) is 16.5. The maximum absolute atomic E-state index is 12.4. The van der Waals surface area contributed by atoms with Crippen molar-refractivity contribution >= 4 is 12.0 Å². The van der Waals surface area contributed by atoms with Crippen LogP contribution in [0.3, 0.4) is 0 Å². The van der Waals surface area contributed by atoms with Crippen molar-refractivity contribution in [2.75, 3.05) is 13.7 Å². The van der Waals surface area contributed by atoms with Crippen molar-refractivity contribution < 1.29 is 14.3 Å². The number of ether oxygens (including phenoxy) is 1. The molecule has 2 aromatic rings. The predicted octanol–water partition coefficient (Wildman–Crippen LogP) is 2.57. The fourth-order valence-electron chi connectivity index (χ4n) is 2.11. The van der Waals surface area contributed by atoms with E-state index in [1.807, 2.05) is 60.7 Å². The maximum Gasteiger partial charge on any atom is 0.325 e. The molecule has 2 amide bonds. The van der Waals surface area contributed by atoms with Crippen LogP contribution in [0.15, 0.2) is 60.7 Å². The zero-order valence-electron chi connectivity index (χ0n) is 13.1. The van der Waals surface area contributed by atoms with Crippen molar-refractivity contribution in [2.45, 2.75) is 13.1 Å². The van der Waals surface area contributed by atoms with Gasteiger partial charge in [-0.2, -0.15) is 0 Å². The number of methoxy groups -OCH3 is 1. The van der Waals surface area contributed by atoms with Crippen molar-refractivity contribution in [1.82, 2.24) is 10.2 Å². The second kappa shape index (κ2) is 8.58. The van der Waals surface area contributed by atoms with Gasteiger partial charge in [0.1, 0.15) is 6.54 Å². The summed E-state index contributed by atoms with van der Waals surface area (Å²) in [4.78, 5) is 25.4. The molecule has 0 aliphatic heterocycles. The highest BCUT2D eigenvalue weighted by Crippen LogP contribution is 2.06. The second-order valence-electron chi connectivity index (χ2n) is 5.06. The Balaban J connectivity index is 2.00. The van der Waals surface area contributed by atoms with Crippen LogP contribution in [0.1, 0.15) is 11.1 Å². The summed E-state index contributed by atoms with van der Waals surface area (Å²) >= 11 is 0. The lowest BCUT2D eigenvalue weighted by atomic mass is 10.2. The summed E-state index contributed by atoms with van der Waals surface area (Å²) in [7, 11) is 1.31. The quantitative estimate of drug-likeness (QED) is 0.834. The van der Waals surface area contributed by atoms with Crippen LogP contribution >= 0.6 is 0 Å². The number of carbonyl (C=O) groups excluding carboxylic acids is 2. The van der Waals surface area contributed by atoms with E-state index in [2.05, 4.69) is 10.1 Å². The first-order valence-corrected chi connectivity index (χ1v) is 7.36. The van der Waals surface area contributed by atoms with Crippen LogP contribution in [0.5, 0.6) is 0 Å². The lowest BCUT2D eigenvalue weighted by Crippen LogP contribution is -2.42. The van der Waals surface area contributed by atoms with E-state index in [9.17, 15) is 9.59 Å². The fraction of sp³-hybridized carbons (Fsp3) is 0.222. The predicted molar refractivity (Wildman–Crippen MR) is 87.5 cm³/mol. The van der Waals surface area contributed by atoms with Crippen LogP contribution in [0.4, 0.5) is 4.79 Å². The number of rotatable bonds is 6. The third-order valence-corrected chi connectivity index (χ3v) is 3.34. The maximum atomic E-state index is 12.4. The van der Waals surface area contributed by atoms with Crippen LogP contribution in [0, 0.1) is 0 Å². The Morgan fingerprint density at radius 1 is 0.957 bits per heavy atom. The van der Waals surface area contributed by atoms with Gasteiger partial charge in [0, 0.05) is 13.1 Å². The Bertz CT molecular complexity index is 629. The van der Waals surface area contributed by atoms with Gasteiger partial charge in [0.15, 0.2) is 0 Å². The Morgan fingerprint density at radius 2 is 1.52 bits per heavy atom. The summed E-state index contributed by atoms with van der Waals surface area (Å²) in [5.41, 5.74) is 1.95. The van der Waals surface area contributed by atoms with Gasteiger partial charge in [-0.1, -0.05) is 60.7 Å². The standard InChI is InChI=1S/C18H20N2O3/c1-23-17(21)14-20(13-16-10-6-3-7-11-16)18(22)19-12-15-8-4-2-5-9-15/h2-11H,12-14H2,1H3,(H,19,22). The summed E-state index contributed by atoms with van der Waals surface area (Å²) in [6.07, 6.45) is 0. The third kappa shape index (κ3) is 5.47. The van der Waals surface area contributed by atoms with Gasteiger partial charge in [-0.3, -0.25) is 4.79 Å². The molecule has 0 aliphatic carbocycles. The average Bonchev–Trinajstić information content (AvgIpc) is 2.60. The van der Waals surface area contributed by atoms with E-state index in [0.29, 0.717) is 13.1 Å². The van der Waals surface area contributed by atoms with Crippen LogP contribution in [0.2, 0.25) is 0 Å². The molecule has 0 unspecified atom stereocenters. The molecule has 0 atom stereocenters. The number of hydrogen-bond acceptors (Lipinski definition) is 3. The van der Waals surface area contributed by atoms with E-state index in [0.717, 1.165) is 11.1 Å². The average molecular weight is 312 g/mol. The highest BCUT2D eigenvalue weighted by molar-refractivity contribution is 5.80. The molecule has 120 valence electrons. The minimum atomic E-state index is -0.448. The second-order valence-corrected chi connectivity index (χ2v) is 5.06. The number of amides is 2. The first-order valence-electron chi connectivity index (χ1n) is 7.36. The van der Waals surface area contributed by atoms with E-state index < -0.39 is 5.97 Å². The van der Waals surface area contributed by atoms with Gasteiger partial charge < -0.3 is 15.0 Å². The molecule has 0 heterocycles. The number of urea groups is 1. The van der Waals surface area contributed by atoms with Gasteiger partial charge in [0.05, 0.1) is 7.11 Å². The van der Waals surface area contributed by atoms with Gasteiger partial charge in [-0.25, -0.2) is 4.79 Å². The van der Waals surface area contributed by atoms with Gasteiger partial charge in [0.25, 0.3) is 0 Å². The van der Waals surface area contributed by atoms with Gasteiger partial charge in [-0.05, 0) is 11.1 Å². The number of nitrogens with zero attached hydrogens (tertiary/aromatic N) is 1. The van der Waals surface area contributed by atoms with Crippen LogP contribution in [-0.2, 0) is 22.6 Å². The molecule has 23 heavy (non-hydrogen) atoms. The normalized spacial score (nSPS) is 9.96. The summed E-state index contributed by atoms with van der Waals surface area (Å²) in [6, 6.07) is 18.8. The smallest absolute Gasteiger partial charge is 0.325 e. The SMILES string of the molecule is COC(=O)CN(Cc1ccccc1)C(=O)NCc1ccccc1. The topological polar surface area (TPSA) is 58.6 Å². The van der Waals surface area contributed by atoms with Crippen molar-refractivity contribution in [2.24, 2.45) is 0 Å². The Morgan fingerprint density at radius 3 is 2.09 bits per heavy atom. The molecule has 5 heteroatoms. The lowest BCUT2D eigenvalue weighted by molar-refractivity contribution is -0.141. The molecule has 0 fully saturated rings. The molecule has 0 saturated carbocycles. The Hall–Kier alpha value is -2.82. The molecule has 0 bridgehead atoms. The van der Waals surface area contributed by atoms with Crippen molar-refractivity contribution in [1.29, 1.82) is 0 Å². The Labute approximate surface area is 135 Å². The summed E-state index contributed by atoms with van der Waals surface area (Å²) in [6.45, 7) is 0.661. The van der Waals surface area contributed by atoms with Crippen LogP contribution < -0.4 is 5.32 Å². The number of esters is 1. The molecule has 2 aromatic carbocycles. The summed E-state index contributed by atoms with van der Waals surface area (Å²) in [5.74, 6) is -0.448. The zero-order valence-corrected chi connectivity index (χ0v) is 13.1. The zero-order chi connectivity index (χ0) is 16.5. The van der Waals surface area contributed by atoms with Gasteiger partial charge in [0.2, 0.25) is 0 Å². The summed E-state index contributed by atoms with van der Waals surface area (Å²) in [5, 5.41) is 2.83. The minimum Gasteiger partial charge on any atom is -0.468 e. The highest BCUT2D eigenvalue weighted by Gasteiger charge is 2.17. The Kier molecular flexibility index (Phi) is 6.17. The molecule has 2 rings (SSSR count). The summed E-state index contributed by atoms with van der Waals surface area (Å²) < 4.78 is 4.67. The molecule has 0 spiro atoms. The lowest BCUT2D eigenvalue weighted by Gasteiger charge is -2.22. The van der Waals surface area contributed by atoms with Gasteiger partial charge in [-0.15, -0.1) is 0 Å². The highest BCUT2D eigenvalue weighted by atomic mass is 16.5. The number of benzene rings is 2. The monoisotopic (exact) mass is 312 g/mol. The molecule has 0 aromatic heterocycles. The third-order valence-electron chi connectivity index (χ3n) is 3.34. The fourth-order valence-corrected chi connectivity index (χ4v) is 2.11. The largest absolute Gasteiger partial charge is 0.468 e. The van der Waals surface area contributed by atoms with E-state index in [4.69, 9.17) is 0 Å². The number of carbonyl (C=O) groups is 2.